The molecule has 0 radical (unpaired) electrons. The van der Waals surface area contributed by atoms with Crippen LogP contribution >= 0.6 is 11.3 Å². The van der Waals surface area contributed by atoms with Crippen LogP contribution in [0.15, 0.2) is 54.0 Å². The van der Waals surface area contributed by atoms with Gasteiger partial charge in [0.05, 0.1) is 39.6 Å². The first kappa shape index (κ1) is 40.5. The van der Waals surface area contributed by atoms with Crippen molar-refractivity contribution in [2.24, 2.45) is 17.3 Å². The summed E-state index contributed by atoms with van der Waals surface area (Å²) < 4.78 is 14.0. The van der Waals surface area contributed by atoms with Gasteiger partial charge in [-0.05, 0) is 67.3 Å². The van der Waals surface area contributed by atoms with Crippen molar-refractivity contribution in [1.82, 2.24) is 30.7 Å². The summed E-state index contributed by atoms with van der Waals surface area (Å²) in [7, 11) is 0. The molecule has 1 unspecified atom stereocenters. The van der Waals surface area contributed by atoms with E-state index in [4.69, 9.17) is 5.73 Å². The Kier molecular flexibility index (Phi) is 12.0. The van der Waals surface area contributed by atoms with E-state index in [1.54, 1.807) is 23.5 Å². The summed E-state index contributed by atoms with van der Waals surface area (Å²) in [6, 6.07) is 11.6. The number of β-amino-alcohol motifs (C(OH)–C–C–N with tert-alkyl or cyclic N) is 1. The van der Waals surface area contributed by atoms with Crippen LogP contribution in [0.2, 0.25) is 0 Å². The molecule has 2 fully saturated rings. The molecule has 0 aliphatic carbocycles. The van der Waals surface area contributed by atoms with E-state index in [0.29, 0.717) is 31.6 Å². The highest BCUT2D eigenvalue weighted by molar-refractivity contribution is 7.13. The number of piperidine rings is 1. The number of nitrogens with one attached hydrogen (secondary N) is 2. The molecule has 5 atom stereocenters. The molecule has 6 rings (SSSR count). The quantitative estimate of drug-likeness (QED) is 0.143. The van der Waals surface area contributed by atoms with Gasteiger partial charge in [0.15, 0.2) is 17.4 Å². The molecule has 2 aromatic heterocycles. The van der Waals surface area contributed by atoms with Gasteiger partial charge < -0.3 is 36.4 Å². The molecule has 0 spiro atoms. The van der Waals surface area contributed by atoms with Crippen LogP contribution in [0.5, 0.6) is 5.75 Å². The summed E-state index contributed by atoms with van der Waals surface area (Å²) >= 11 is 1.57. The average molecular weight is 787 g/mol. The number of benzene rings is 2. The molecule has 298 valence electrons. The Bertz CT molecular complexity index is 2060. The molecule has 4 aromatic rings. The number of amides is 3. The van der Waals surface area contributed by atoms with Crippen molar-refractivity contribution < 1.29 is 29.0 Å². The average Bonchev–Trinajstić information content (AvgIpc) is 3.79. The Morgan fingerprint density at radius 2 is 1.73 bits per heavy atom. The predicted octanol–water partition coefficient (Wildman–Crippen LogP) is 5.23. The summed E-state index contributed by atoms with van der Waals surface area (Å²) in [6.45, 7) is 12.4. The normalized spacial score (nSPS) is 19.4. The Balaban J connectivity index is 1.08. The fourth-order valence-corrected chi connectivity index (χ4v) is 8.45. The lowest BCUT2D eigenvalue weighted by molar-refractivity contribution is -0.145. The van der Waals surface area contributed by atoms with Crippen molar-refractivity contribution >= 4 is 40.6 Å². The number of aliphatic hydroxyl groups is 1. The number of hydrogen-bond donors (Lipinski definition) is 5. The van der Waals surface area contributed by atoms with Crippen LogP contribution in [0, 0.1) is 30.0 Å². The molecule has 2 aromatic carbocycles. The lowest BCUT2D eigenvalue weighted by Crippen LogP contribution is -2.58. The van der Waals surface area contributed by atoms with Crippen molar-refractivity contribution in [2.75, 3.05) is 30.3 Å². The molecule has 15 heteroatoms. The van der Waals surface area contributed by atoms with Gasteiger partial charge in [-0.3, -0.25) is 14.4 Å². The molecule has 6 N–H and O–H groups in total. The molecule has 56 heavy (non-hydrogen) atoms. The number of aryl methyl sites for hydroxylation is 1. The summed E-state index contributed by atoms with van der Waals surface area (Å²) in [4.78, 5) is 50.7. The first-order chi connectivity index (χ1) is 26.5. The second-order valence-electron chi connectivity index (χ2n) is 16.1. The molecule has 2 aliphatic heterocycles. The molecule has 13 nitrogen and oxygen atoms in total. The highest BCUT2D eigenvalue weighted by Gasteiger charge is 2.45. The number of para-hydroxylation sites is 1. The van der Waals surface area contributed by atoms with Gasteiger partial charge in [-0.25, -0.2) is 9.37 Å². The number of thiazole rings is 1. The van der Waals surface area contributed by atoms with Crippen LogP contribution in [0.25, 0.3) is 21.7 Å². The van der Waals surface area contributed by atoms with Gasteiger partial charge in [-0.15, -0.1) is 21.5 Å². The van der Waals surface area contributed by atoms with E-state index in [2.05, 4.69) is 25.8 Å². The van der Waals surface area contributed by atoms with Crippen LogP contribution in [-0.2, 0) is 14.4 Å². The number of aromatic hydroxyl groups is 1. The number of likely N-dealkylation sites (tertiary alicyclic amines) is 1. The molecular formula is C41H51FN8O5S. The number of halogens is 1. The maximum absolute atomic E-state index is 14.3. The van der Waals surface area contributed by atoms with Gasteiger partial charge >= 0.3 is 0 Å². The number of nitrogen functional groups attached to an aromatic ring is 1. The highest BCUT2D eigenvalue weighted by atomic mass is 32.1. The van der Waals surface area contributed by atoms with E-state index < -0.39 is 47.0 Å². The van der Waals surface area contributed by atoms with Gasteiger partial charge in [-0.1, -0.05) is 58.0 Å². The number of carbonyl (C=O) groups excluding carboxylic acids is 3. The number of nitrogens with zero attached hydrogens (tertiary/aromatic N) is 5. The second-order valence-corrected chi connectivity index (χ2v) is 16.9. The van der Waals surface area contributed by atoms with E-state index in [-0.39, 0.29) is 53.8 Å². The van der Waals surface area contributed by atoms with E-state index in [9.17, 15) is 29.0 Å². The predicted molar refractivity (Wildman–Crippen MR) is 214 cm³/mol. The third-order valence-electron chi connectivity index (χ3n) is 11.1. The number of phenols is 1. The maximum atomic E-state index is 14.3. The zero-order valence-corrected chi connectivity index (χ0v) is 33.4. The second kappa shape index (κ2) is 16.5. The van der Waals surface area contributed by atoms with Gasteiger partial charge in [0.1, 0.15) is 12.1 Å². The van der Waals surface area contributed by atoms with Crippen LogP contribution in [0.4, 0.5) is 15.9 Å². The largest absolute Gasteiger partial charge is 0.504 e. The first-order valence-corrected chi connectivity index (χ1v) is 19.9. The zero-order valence-electron chi connectivity index (χ0n) is 32.6. The van der Waals surface area contributed by atoms with Crippen molar-refractivity contribution in [3.05, 3.63) is 71.1 Å². The number of rotatable bonds is 10. The van der Waals surface area contributed by atoms with Gasteiger partial charge in [0.2, 0.25) is 17.7 Å². The van der Waals surface area contributed by atoms with E-state index >= 15 is 0 Å². The van der Waals surface area contributed by atoms with Crippen LogP contribution in [-0.4, -0.2) is 85.8 Å². The van der Waals surface area contributed by atoms with Crippen molar-refractivity contribution in [2.45, 2.75) is 85.0 Å². The molecule has 2 aliphatic rings. The Morgan fingerprint density at radius 3 is 2.38 bits per heavy atom. The topological polar surface area (TPSA) is 187 Å². The minimum atomic E-state index is -0.946. The van der Waals surface area contributed by atoms with Crippen molar-refractivity contribution in [1.29, 1.82) is 0 Å². The third-order valence-corrected chi connectivity index (χ3v) is 12.1. The number of aliphatic hydroxyl groups excluding tert-OH is 1. The zero-order chi connectivity index (χ0) is 40.5. The van der Waals surface area contributed by atoms with E-state index in [1.165, 1.54) is 11.0 Å². The Labute approximate surface area is 330 Å². The molecule has 4 heterocycles. The summed E-state index contributed by atoms with van der Waals surface area (Å²) in [5, 5.41) is 35.1. The minimum Gasteiger partial charge on any atom is -0.504 e. The van der Waals surface area contributed by atoms with E-state index in [0.717, 1.165) is 27.8 Å². The SMILES string of the molecule is Cc1ncsc1-c1ccc([C@H](C)NC(=O)[C@@H]2C[C@@H](O)CN2C(=O)[C@@H](NC(=O)C(C)C2CCN(c3cc(-c4cccc(F)c4O)nnc3N)CC2)C(C)(C)C)cc1. The highest BCUT2D eigenvalue weighted by Crippen LogP contribution is 2.36. The lowest BCUT2D eigenvalue weighted by atomic mass is 9.82. The Morgan fingerprint density at radius 1 is 1.04 bits per heavy atom. The number of anilines is 2. The maximum Gasteiger partial charge on any atom is 0.246 e. The van der Waals surface area contributed by atoms with Crippen molar-refractivity contribution in [3.63, 3.8) is 0 Å². The van der Waals surface area contributed by atoms with Gasteiger partial charge in [0, 0.05) is 37.5 Å². The molecule has 0 bridgehead atoms. The van der Waals surface area contributed by atoms with Gasteiger partial charge in [0.25, 0.3) is 0 Å². The summed E-state index contributed by atoms with van der Waals surface area (Å²) in [5.74, 6) is -2.56. The van der Waals surface area contributed by atoms with Crippen LogP contribution in [0.1, 0.15) is 71.2 Å². The van der Waals surface area contributed by atoms with Crippen LogP contribution < -0.4 is 21.3 Å². The molecular weight excluding hydrogens is 736 g/mol. The number of phenolic OH excluding ortho intramolecular Hbond substituents is 1. The monoisotopic (exact) mass is 786 g/mol. The van der Waals surface area contributed by atoms with Crippen molar-refractivity contribution in [3.8, 4) is 27.4 Å². The minimum absolute atomic E-state index is 0.00147. The third kappa shape index (κ3) is 8.63. The fourth-order valence-electron chi connectivity index (χ4n) is 7.64. The van der Waals surface area contributed by atoms with Crippen LogP contribution in [0.3, 0.4) is 0 Å². The standard InChI is InChI=1S/C41H51FN8O5S/c1-22(25-14-16-49(17-15-25)32-19-31(47-48-37(32)43)29-8-7-9-30(42)34(29)52)38(53)46-36(41(4,5)6)40(55)50-20-28(51)18-33(50)39(54)45-23(2)26-10-12-27(13-11-26)35-24(3)44-21-56-35/h7-13,19,21-23,25,28,33,36,51-52H,14-18,20H2,1-6H3,(H2,43,48)(H,45,54)(H,46,53)/t22?,23-,28+,33-,36+/m0/s1. The first-order valence-electron chi connectivity index (χ1n) is 19.0. The lowest BCUT2D eigenvalue weighted by Gasteiger charge is -2.38. The fraction of sp³-hybridized carbons (Fsp3) is 0.463. The number of aromatic nitrogens is 3. The van der Waals surface area contributed by atoms with E-state index in [1.807, 2.05) is 76.2 Å². The molecule has 0 saturated carbocycles. The number of carbonyl (C=O) groups is 3. The Hall–Kier alpha value is -5.15. The summed E-state index contributed by atoms with van der Waals surface area (Å²) in [5.41, 5.74) is 11.3. The number of hydrogen-bond acceptors (Lipinski definition) is 11. The molecule has 3 amide bonds. The molecule has 2 saturated heterocycles. The number of nitrogens with two attached hydrogens (primary N) is 1. The summed E-state index contributed by atoms with van der Waals surface area (Å²) in [6.07, 6.45) is 0.512. The van der Waals surface area contributed by atoms with Gasteiger partial charge in [-0.2, -0.15) is 0 Å². The smallest absolute Gasteiger partial charge is 0.246 e.